The summed E-state index contributed by atoms with van der Waals surface area (Å²) in [7, 11) is 0. The summed E-state index contributed by atoms with van der Waals surface area (Å²) < 4.78 is 0. The fourth-order valence-corrected chi connectivity index (χ4v) is 2.82. The highest BCUT2D eigenvalue weighted by Gasteiger charge is 2.08. The van der Waals surface area contributed by atoms with Crippen LogP contribution in [0, 0.1) is 0 Å². The molecule has 2 rings (SSSR count). The standard InChI is InChI=1S/C14H15ClN2S/c1-10(16)9-11-5-2-3-7-13(11)18-14-12(15)6-4-8-17-14/h2-8,10H,9,16H2,1H3. The van der Waals surface area contributed by atoms with E-state index in [1.54, 1.807) is 18.0 Å². The van der Waals surface area contributed by atoms with Crippen LogP contribution in [0.2, 0.25) is 5.02 Å². The Balaban J connectivity index is 2.26. The molecule has 1 aromatic heterocycles. The predicted molar refractivity (Wildman–Crippen MR) is 77.2 cm³/mol. The molecule has 1 heterocycles. The van der Waals surface area contributed by atoms with Crippen LogP contribution in [0.1, 0.15) is 12.5 Å². The lowest BCUT2D eigenvalue weighted by Gasteiger charge is -2.11. The van der Waals surface area contributed by atoms with Gasteiger partial charge in [-0.05, 0) is 37.1 Å². The summed E-state index contributed by atoms with van der Waals surface area (Å²) in [5, 5.41) is 1.51. The molecule has 94 valence electrons. The summed E-state index contributed by atoms with van der Waals surface area (Å²) in [5.41, 5.74) is 7.10. The quantitative estimate of drug-likeness (QED) is 0.925. The summed E-state index contributed by atoms with van der Waals surface area (Å²) >= 11 is 7.71. The Morgan fingerprint density at radius 2 is 2.06 bits per heavy atom. The van der Waals surface area contributed by atoms with E-state index in [0.29, 0.717) is 5.02 Å². The van der Waals surface area contributed by atoms with Gasteiger partial charge in [0.15, 0.2) is 0 Å². The van der Waals surface area contributed by atoms with Crippen molar-refractivity contribution in [1.29, 1.82) is 0 Å². The number of rotatable bonds is 4. The van der Waals surface area contributed by atoms with E-state index in [1.807, 2.05) is 31.2 Å². The summed E-state index contributed by atoms with van der Waals surface area (Å²) in [5.74, 6) is 0. The van der Waals surface area contributed by atoms with Crippen molar-refractivity contribution in [1.82, 2.24) is 4.98 Å². The van der Waals surface area contributed by atoms with Crippen LogP contribution in [0.5, 0.6) is 0 Å². The van der Waals surface area contributed by atoms with Crippen LogP contribution >= 0.6 is 23.4 Å². The summed E-state index contributed by atoms with van der Waals surface area (Å²) in [6.07, 6.45) is 2.61. The minimum atomic E-state index is 0.144. The number of aromatic nitrogens is 1. The van der Waals surface area contributed by atoms with Crippen molar-refractivity contribution >= 4 is 23.4 Å². The van der Waals surface area contributed by atoms with E-state index in [0.717, 1.165) is 16.3 Å². The van der Waals surface area contributed by atoms with Gasteiger partial charge in [-0.2, -0.15) is 0 Å². The van der Waals surface area contributed by atoms with E-state index in [4.69, 9.17) is 17.3 Å². The first-order chi connectivity index (χ1) is 8.66. The van der Waals surface area contributed by atoms with Gasteiger partial charge in [0.1, 0.15) is 5.03 Å². The fourth-order valence-electron chi connectivity index (χ4n) is 1.67. The molecule has 0 aliphatic carbocycles. The molecule has 0 saturated heterocycles. The number of hydrogen-bond acceptors (Lipinski definition) is 3. The van der Waals surface area contributed by atoms with Gasteiger partial charge in [0.2, 0.25) is 0 Å². The molecule has 0 radical (unpaired) electrons. The third kappa shape index (κ3) is 3.48. The third-order valence-electron chi connectivity index (χ3n) is 2.45. The molecule has 0 spiro atoms. The highest BCUT2D eigenvalue weighted by atomic mass is 35.5. The maximum Gasteiger partial charge on any atom is 0.119 e. The summed E-state index contributed by atoms with van der Waals surface area (Å²) in [6.45, 7) is 2.01. The minimum absolute atomic E-state index is 0.144. The van der Waals surface area contributed by atoms with Crippen molar-refractivity contribution in [3.05, 3.63) is 53.2 Å². The Hall–Kier alpha value is -1.03. The summed E-state index contributed by atoms with van der Waals surface area (Å²) in [4.78, 5) is 5.46. The fraction of sp³-hybridized carbons (Fsp3) is 0.214. The van der Waals surface area contributed by atoms with Crippen molar-refractivity contribution in [3.8, 4) is 0 Å². The van der Waals surface area contributed by atoms with Gasteiger partial charge < -0.3 is 5.73 Å². The van der Waals surface area contributed by atoms with Crippen LogP contribution in [0.25, 0.3) is 0 Å². The molecular weight excluding hydrogens is 264 g/mol. The van der Waals surface area contributed by atoms with E-state index >= 15 is 0 Å². The normalized spacial score (nSPS) is 12.4. The number of halogens is 1. The molecule has 0 fully saturated rings. The number of nitrogens with two attached hydrogens (primary N) is 1. The zero-order valence-corrected chi connectivity index (χ0v) is 11.7. The second-order valence-electron chi connectivity index (χ2n) is 4.18. The van der Waals surface area contributed by atoms with Crippen molar-refractivity contribution in [2.75, 3.05) is 0 Å². The summed E-state index contributed by atoms with van der Waals surface area (Å²) in [6, 6.07) is 12.1. The molecule has 18 heavy (non-hydrogen) atoms. The van der Waals surface area contributed by atoms with E-state index in [-0.39, 0.29) is 6.04 Å². The average molecular weight is 279 g/mol. The SMILES string of the molecule is CC(N)Cc1ccccc1Sc1ncccc1Cl. The number of hydrogen-bond donors (Lipinski definition) is 1. The van der Waals surface area contributed by atoms with Gasteiger partial charge in [-0.25, -0.2) is 4.98 Å². The average Bonchev–Trinajstić information content (AvgIpc) is 2.34. The van der Waals surface area contributed by atoms with E-state index in [1.165, 1.54) is 5.56 Å². The smallest absolute Gasteiger partial charge is 0.119 e. The molecule has 0 saturated carbocycles. The van der Waals surface area contributed by atoms with Crippen molar-refractivity contribution in [2.24, 2.45) is 5.73 Å². The molecule has 0 bridgehead atoms. The van der Waals surface area contributed by atoms with Gasteiger partial charge in [0.25, 0.3) is 0 Å². The maximum absolute atomic E-state index is 6.12. The van der Waals surface area contributed by atoms with Crippen molar-refractivity contribution < 1.29 is 0 Å². The van der Waals surface area contributed by atoms with Crippen LogP contribution in [0.4, 0.5) is 0 Å². The van der Waals surface area contributed by atoms with E-state index in [9.17, 15) is 0 Å². The first-order valence-corrected chi connectivity index (χ1v) is 6.98. The first kappa shape index (κ1) is 13.4. The van der Waals surface area contributed by atoms with E-state index < -0.39 is 0 Å². The minimum Gasteiger partial charge on any atom is -0.328 e. The Morgan fingerprint density at radius 3 is 2.78 bits per heavy atom. The zero-order valence-electron chi connectivity index (χ0n) is 10.1. The molecule has 1 aromatic carbocycles. The Kier molecular flexibility index (Phi) is 4.64. The van der Waals surface area contributed by atoms with Crippen molar-refractivity contribution in [3.63, 3.8) is 0 Å². The largest absolute Gasteiger partial charge is 0.328 e. The molecule has 1 atom stereocenters. The second kappa shape index (κ2) is 6.23. The van der Waals surface area contributed by atoms with Crippen molar-refractivity contribution in [2.45, 2.75) is 29.3 Å². The lowest BCUT2D eigenvalue weighted by atomic mass is 10.1. The molecule has 2 aromatic rings. The Bertz CT molecular complexity index is 529. The van der Waals surface area contributed by atoms with Gasteiger partial charge in [-0.1, -0.05) is 41.6 Å². The first-order valence-electron chi connectivity index (χ1n) is 5.78. The van der Waals surface area contributed by atoms with Gasteiger partial charge >= 0.3 is 0 Å². The predicted octanol–water partition coefficient (Wildman–Crippen LogP) is 3.78. The zero-order chi connectivity index (χ0) is 13.0. The lowest BCUT2D eigenvalue weighted by Crippen LogP contribution is -2.18. The van der Waals surface area contributed by atoms with Gasteiger partial charge in [0.05, 0.1) is 5.02 Å². The van der Waals surface area contributed by atoms with Crippen LogP contribution in [0.15, 0.2) is 52.5 Å². The maximum atomic E-state index is 6.12. The highest BCUT2D eigenvalue weighted by Crippen LogP contribution is 2.33. The van der Waals surface area contributed by atoms with Crippen LogP contribution in [-0.4, -0.2) is 11.0 Å². The number of benzene rings is 1. The third-order valence-corrected chi connectivity index (χ3v) is 4.00. The molecular formula is C14H15ClN2S. The topological polar surface area (TPSA) is 38.9 Å². The second-order valence-corrected chi connectivity index (χ2v) is 5.62. The highest BCUT2D eigenvalue weighted by molar-refractivity contribution is 7.99. The lowest BCUT2D eigenvalue weighted by molar-refractivity contribution is 0.729. The molecule has 0 amide bonds. The molecule has 0 aliphatic heterocycles. The van der Waals surface area contributed by atoms with Crippen LogP contribution in [-0.2, 0) is 6.42 Å². The molecule has 4 heteroatoms. The monoisotopic (exact) mass is 278 g/mol. The van der Waals surface area contributed by atoms with E-state index in [2.05, 4.69) is 17.1 Å². The number of pyridine rings is 1. The van der Waals surface area contributed by atoms with Crippen LogP contribution < -0.4 is 5.73 Å². The Morgan fingerprint density at radius 1 is 1.28 bits per heavy atom. The van der Waals surface area contributed by atoms with Gasteiger partial charge in [-0.15, -0.1) is 0 Å². The molecule has 2 nitrogen and oxygen atoms in total. The Labute approximate surface area is 117 Å². The number of nitrogens with zero attached hydrogens (tertiary/aromatic N) is 1. The van der Waals surface area contributed by atoms with Crippen LogP contribution in [0.3, 0.4) is 0 Å². The molecule has 0 aliphatic rings. The van der Waals surface area contributed by atoms with Gasteiger partial charge in [-0.3, -0.25) is 0 Å². The molecule has 1 unspecified atom stereocenters. The molecule has 2 N–H and O–H groups in total. The van der Waals surface area contributed by atoms with Gasteiger partial charge in [0, 0.05) is 17.1 Å².